The van der Waals surface area contributed by atoms with Crippen LogP contribution in [0, 0.1) is 12.8 Å². The Morgan fingerprint density at radius 2 is 1.96 bits per heavy atom. The number of piperidine rings is 1. The first-order chi connectivity index (χ1) is 12.0. The normalized spacial score (nSPS) is 24.6. The maximum absolute atomic E-state index is 12.9. The highest BCUT2D eigenvalue weighted by Gasteiger charge is 2.50. The van der Waals surface area contributed by atoms with Gasteiger partial charge in [-0.1, -0.05) is 0 Å². The van der Waals surface area contributed by atoms with Crippen LogP contribution in [0.1, 0.15) is 18.4 Å². The summed E-state index contributed by atoms with van der Waals surface area (Å²) in [6.07, 6.45) is 0.785. The van der Waals surface area contributed by atoms with Crippen LogP contribution in [-0.4, -0.2) is 49.3 Å². The van der Waals surface area contributed by atoms with Gasteiger partial charge >= 0.3 is 12.0 Å². The quantitative estimate of drug-likeness (QED) is 0.595. The van der Waals surface area contributed by atoms with Gasteiger partial charge in [-0.2, -0.15) is 0 Å². The fourth-order valence-electron chi connectivity index (χ4n) is 3.68. The smallest absolute Gasteiger partial charge is 0.332 e. The molecule has 0 spiro atoms. The highest BCUT2D eigenvalue weighted by molar-refractivity contribution is 6.22. The van der Waals surface area contributed by atoms with Crippen molar-refractivity contribution in [1.29, 1.82) is 0 Å². The molecule has 8 nitrogen and oxygen atoms in total. The third kappa shape index (κ3) is 2.32. The molecule has 2 fully saturated rings. The van der Waals surface area contributed by atoms with Gasteiger partial charge in [-0.3, -0.25) is 9.59 Å². The van der Waals surface area contributed by atoms with Gasteiger partial charge < -0.3 is 19.1 Å². The molecule has 2 saturated heterocycles. The van der Waals surface area contributed by atoms with Crippen LogP contribution >= 0.6 is 0 Å². The largest absolute Gasteiger partial charge is 0.469 e. The van der Waals surface area contributed by atoms with Gasteiger partial charge in [-0.15, -0.1) is 0 Å². The predicted molar refractivity (Wildman–Crippen MR) is 85.4 cm³/mol. The monoisotopic (exact) mass is 346 g/mol. The fraction of sp³-hybridized carbons (Fsp3) is 0.471. The number of esters is 1. The minimum Gasteiger partial charge on any atom is -0.469 e. The van der Waals surface area contributed by atoms with E-state index >= 15 is 0 Å². The lowest BCUT2D eigenvalue weighted by atomic mass is 9.91. The third-order valence-corrected chi connectivity index (χ3v) is 5.01. The number of ether oxygens (including phenoxy) is 3. The van der Waals surface area contributed by atoms with Crippen molar-refractivity contribution in [3.63, 3.8) is 0 Å². The number of rotatable bonds is 2. The van der Waals surface area contributed by atoms with E-state index in [0.717, 1.165) is 5.56 Å². The van der Waals surface area contributed by atoms with Crippen LogP contribution in [0.2, 0.25) is 0 Å². The Morgan fingerprint density at radius 1 is 1.24 bits per heavy atom. The highest BCUT2D eigenvalue weighted by Crippen LogP contribution is 2.41. The van der Waals surface area contributed by atoms with Crippen molar-refractivity contribution in [1.82, 2.24) is 4.90 Å². The number of benzene rings is 1. The van der Waals surface area contributed by atoms with E-state index in [9.17, 15) is 14.4 Å². The Hall–Kier alpha value is -2.77. The Balaban J connectivity index is 1.66. The maximum atomic E-state index is 12.9. The Kier molecular flexibility index (Phi) is 3.55. The van der Waals surface area contributed by atoms with E-state index in [0.29, 0.717) is 30.2 Å². The number of hydrogen-bond acceptors (Lipinski definition) is 6. The second-order valence-electron chi connectivity index (χ2n) is 6.40. The number of aryl methyl sites for hydroxylation is 1. The molecule has 0 saturated carbocycles. The van der Waals surface area contributed by atoms with Crippen molar-refractivity contribution in [3.05, 3.63) is 17.7 Å². The second kappa shape index (κ2) is 5.65. The van der Waals surface area contributed by atoms with Crippen LogP contribution in [0.15, 0.2) is 12.1 Å². The van der Waals surface area contributed by atoms with E-state index in [2.05, 4.69) is 0 Å². The average molecular weight is 346 g/mol. The molecule has 3 aliphatic heterocycles. The molecule has 4 rings (SSSR count). The molecule has 0 radical (unpaired) electrons. The molecular weight excluding hydrogens is 328 g/mol. The lowest BCUT2D eigenvalue weighted by molar-refractivity contribution is -0.147. The molecule has 0 N–H and O–H groups in total. The summed E-state index contributed by atoms with van der Waals surface area (Å²) in [6.45, 7) is 2.29. The van der Waals surface area contributed by atoms with Crippen molar-refractivity contribution < 1.29 is 28.6 Å². The maximum Gasteiger partial charge on any atom is 0.332 e. The summed E-state index contributed by atoms with van der Waals surface area (Å²) in [4.78, 5) is 40.2. The van der Waals surface area contributed by atoms with Crippen molar-refractivity contribution in [2.24, 2.45) is 5.92 Å². The number of urea groups is 1. The van der Waals surface area contributed by atoms with Crippen LogP contribution in [0.25, 0.3) is 0 Å². The molecule has 3 heterocycles. The van der Waals surface area contributed by atoms with Crippen molar-refractivity contribution in [2.45, 2.75) is 25.8 Å². The number of hydrogen-bond donors (Lipinski definition) is 0. The standard InChI is InChI=1S/C17H18N2O6/c1-9-5-13-14(25-8-24-13)7-11(9)19-15(20)12-6-10(16(21)23-2)3-4-18(12)17(19)22/h5,7,10,12H,3-4,6,8H2,1-2H3. The number of carbonyl (C=O) groups excluding carboxylic acids is 3. The molecule has 25 heavy (non-hydrogen) atoms. The highest BCUT2D eigenvalue weighted by atomic mass is 16.7. The lowest BCUT2D eigenvalue weighted by Crippen LogP contribution is -2.44. The third-order valence-electron chi connectivity index (χ3n) is 5.01. The summed E-state index contributed by atoms with van der Waals surface area (Å²) < 4.78 is 15.5. The summed E-state index contributed by atoms with van der Waals surface area (Å²) in [6, 6.07) is 2.42. The number of carbonyl (C=O) groups is 3. The zero-order valence-corrected chi connectivity index (χ0v) is 14.0. The molecule has 3 aliphatic rings. The molecule has 1 aromatic carbocycles. The molecule has 2 atom stereocenters. The number of amides is 3. The van der Waals surface area contributed by atoms with Crippen molar-refractivity contribution in [2.75, 3.05) is 25.3 Å². The summed E-state index contributed by atoms with van der Waals surface area (Å²) in [5, 5.41) is 0. The number of imide groups is 1. The Morgan fingerprint density at radius 3 is 2.68 bits per heavy atom. The minimum absolute atomic E-state index is 0.121. The molecule has 3 amide bonds. The van der Waals surface area contributed by atoms with Gasteiger partial charge in [0, 0.05) is 12.6 Å². The topological polar surface area (TPSA) is 85.4 Å². The van der Waals surface area contributed by atoms with E-state index in [1.54, 1.807) is 12.1 Å². The minimum atomic E-state index is -0.629. The first kappa shape index (κ1) is 15.7. The zero-order chi connectivity index (χ0) is 17.7. The predicted octanol–water partition coefficient (Wildman–Crippen LogP) is 1.44. The van der Waals surface area contributed by atoms with Crippen LogP contribution in [0.4, 0.5) is 10.5 Å². The van der Waals surface area contributed by atoms with E-state index in [4.69, 9.17) is 14.2 Å². The van der Waals surface area contributed by atoms with Gasteiger partial charge in [0.1, 0.15) is 6.04 Å². The zero-order valence-electron chi connectivity index (χ0n) is 14.0. The molecule has 132 valence electrons. The van der Waals surface area contributed by atoms with Crippen LogP contribution < -0.4 is 14.4 Å². The summed E-state index contributed by atoms with van der Waals surface area (Å²) in [7, 11) is 1.33. The first-order valence-electron chi connectivity index (χ1n) is 8.14. The Bertz CT molecular complexity index is 777. The van der Waals surface area contributed by atoms with Crippen molar-refractivity contribution in [3.8, 4) is 11.5 Å². The summed E-state index contributed by atoms with van der Waals surface area (Å²) in [5.41, 5.74) is 1.23. The molecule has 8 heteroatoms. The molecule has 0 aromatic heterocycles. The molecular formula is C17H18N2O6. The van der Waals surface area contributed by atoms with E-state index < -0.39 is 6.04 Å². The van der Waals surface area contributed by atoms with Gasteiger partial charge in [0.2, 0.25) is 6.79 Å². The fourth-order valence-corrected chi connectivity index (χ4v) is 3.68. The second-order valence-corrected chi connectivity index (χ2v) is 6.40. The Labute approximate surface area is 144 Å². The van der Waals surface area contributed by atoms with Crippen molar-refractivity contribution >= 4 is 23.6 Å². The van der Waals surface area contributed by atoms with Gasteiger partial charge in [-0.25, -0.2) is 9.69 Å². The molecule has 0 bridgehead atoms. The van der Waals surface area contributed by atoms with Gasteiger partial charge in [0.25, 0.3) is 5.91 Å². The summed E-state index contributed by atoms with van der Waals surface area (Å²) in [5.74, 6) is 0.0984. The number of anilines is 1. The average Bonchev–Trinajstić information content (AvgIpc) is 3.16. The molecule has 1 aromatic rings. The van der Waals surface area contributed by atoms with E-state index in [-0.39, 0.29) is 37.0 Å². The van der Waals surface area contributed by atoms with Gasteiger partial charge in [0.05, 0.1) is 18.7 Å². The van der Waals surface area contributed by atoms with Gasteiger partial charge in [0.15, 0.2) is 11.5 Å². The van der Waals surface area contributed by atoms with Crippen LogP contribution in [0.5, 0.6) is 11.5 Å². The number of methoxy groups -OCH3 is 1. The SMILES string of the molecule is COC(=O)C1CCN2C(=O)N(c3cc4c(cc3C)OCO4)C(=O)C2C1. The molecule has 0 aliphatic carbocycles. The number of nitrogens with zero attached hydrogens (tertiary/aromatic N) is 2. The first-order valence-corrected chi connectivity index (χ1v) is 8.14. The number of fused-ring (bicyclic) bond motifs is 2. The van der Waals surface area contributed by atoms with Crippen LogP contribution in [-0.2, 0) is 14.3 Å². The summed E-state index contributed by atoms with van der Waals surface area (Å²) >= 11 is 0. The van der Waals surface area contributed by atoms with Crippen LogP contribution in [0.3, 0.4) is 0 Å². The lowest BCUT2D eigenvalue weighted by Gasteiger charge is -2.30. The van der Waals surface area contributed by atoms with E-state index in [1.165, 1.54) is 16.9 Å². The molecule has 2 unspecified atom stereocenters. The van der Waals surface area contributed by atoms with E-state index in [1.807, 2.05) is 6.92 Å². The van der Waals surface area contributed by atoms with Gasteiger partial charge in [-0.05, 0) is 31.4 Å².